The van der Waals surface area contributed by atoms with Gasteiger partial charge in [0, 0.05) is 19.8 Å². The van der Waals surface area contributed by atoms with E-state index in [4.69, 9.17) is 22.7 Å². The third kappa shape index (κ3) is 3.89. The van der Waals surface area contributed by atoms with E-state index in [1.165, 1.54) is 7.05 Å². The summed E-state index contributed by atoms with van der Waals surface area (Å²) in [4.78, 5) is 16.7. The summed E-state index contributed by atoms with van der Waals surface area (Å²) in [5.74, 6) is -0.276. The van der Waals surface area contributed by atoms with Crippen molar-refractivity contribution in [2.75, 3.05) is 13.6 Å². The number of carbonyl (C=O) groups excluding carboxylic acids is 1. The van der Waals surface area contributed by atoms with Crippen LogP contribution in [0.1, 0.15) is 12.1 Å². The van der Waals surface area contributed by atoms with Crippen molar-refractivity contribution in [1.82, 2.24) is 15.2 Å². The number of halogens is 1. The first-order valence-corrected chi connectivity index (χ1v) is 5.86. The van der Waals surface area contributed by atoms with E-state index in [-0.39, 0.29) is 5.96 Å². The minimum absolute atomic E-state index is 0.276. The molecule has 0 saturated heterocycles. The van der Waals surface area contributed by atoms with E-state index in [0.717, 1.165) is 10.6 Å². The van der Waals surface area contributed by atoms with E-state index in [9.17, 15) is 4.79 Å². The lowest BCUT2D eigenvalue weighted by Crippen LogP contribution is -2.46. The van der Waals surface area contributed by atoms with Gasteiger partial charge in [-0.25, -0.2) is 4.79 Å². The number of pyridine rings is 1. The van der Waals surface area contributed by atoms with E-state index in [1.54, 1.807) is 18.3 Å². The summed E-state index contributed by atoms with van der Waals surface area (Å²) in [6, 6.07) is 3.14. The summed E-state index contributed by atoms with van der Waals surface area (Å²) >= 11 is 5.97. The van der Waals surface area contributed by atoms with Crippen LogP contribution in [0.3, 0.4) is 0 Å². The molecule has 0 unspecified atom stereocenters. The average Bonchev–Trinajstić information content (AvgIpc) is 2.35. The van der Waals surface area contributed by atoms with Crippen molar-refractivity contribution < 1.29 is 4.79 Å². The number of hydrogen-bond donors (Lipinski definition) is 3. The second-order valence-corrected chi connectivity index (χ2v) is 4.03. The Morgan fingerprint density at radius 2 is 2.39 bits per heavy atom. The highest BCUT2D eigenvalue weighted by molar-refractivity contribution is 6.31. The van der Waals surface area contributed by atoms with Gasteiger partial charge in [-0.1, -0.05) is 11.6 Å². The predicted molar refractivity (Wildman–Crippen MR) is 70.6 cm³/mol. The molecule has 0 spiro atoms. The fourth-order valence-electron chi connectivity index (χ4n) is 1.47. The largest absolute Gasteiger partial charge is 0.370 e. The van der Waals surface area contributed by atoms with Crippen LogP contribution in [0.15, 0.2) is 18.3 Å². The molecule has 98 valence electrons. The summed E-state index contributed by atoms with van der Waals surface area (Å²) in [6.07, 6.45) is 2.92. The number of nitrogens with zero attached hydrogens (tertiary/aromatic N) is 2. The van der Waals surface area contributed by atoms with Crippen molar-refractivity contribution in [2.24, 2.45) is 5.73 Å². The van der Waals surface area contributed by atoms with Gasteiger partial charge >= 0.3 is 6.03 Å². The summed E-state index contributed by atoms with van der Waals surface area (Å²) in [7, 11) is 1.49. The molecule has 1 heterocycles. The summed E-state index contributed by atoms with van der Waals surface area (Å²) in [5.41, 5.74) is 6.11. The molecule has 0 fully saturated rings. The van der Waals surface area contributed by atoms with Crippen LogP contribution in [-0.2, 0) is 6.42 Å². The lowest BCUT2D eigenvalue weighted by molar-refractivity contribution is 0.222. The Labute approximate surface area is 111 Å². The maximum atomic E-state index is 11.4. The zero-order chi connectivity index (χ0) is 13.5. The maximum Gasteiger partial charge on any atom is 0.323 e. The van der Waals surface area contributed by atoms with Crippen molar-refractivity contribution in [1.29, 1.82) is 5.41 Å². The van der Waals surface area contributed by atoms with Gasteiger partial charge < -0.3 is 11.1 Å². The van der Waals surface area contributed by atoms with Gasteiger partial charge in [0.15, 0.2) is 5.96 Å². The SMILES string of the molecule is CNC(=O)N(CCCc1ncccc1Cl)C(=N)N. The second-order valence-electron chi connectivity index (χ2n) is 3.63. The van der Waals surface area contributed by atoms with Gasteiger partial charge in [-0.05, 0) is 25.0 Å². The molecule has 0 aliphatic heterocycles. The molecule has 4 N–H and O–H groups in total. The molecule has 0 aliphatic rings. The van der Waals surface area contributed by atoms with Gasteiger partial charge in [-0.15, -0.1) is 0 Å². The molecular formula is C11H16ClN5O. The average molecular weight is 270 g/mol. The normalized spacial score (nSPS) is 9.89. The fraction of sp³-hybridized carbons (Fsp3) is 0.364. The van der Waals surface area contributed by atoms with Crippen molar-refractivity contribution in [3.8, 4) is 0 Å². The Bertz CT molecular complexity index is 437. The molecule has 18 heavy (non-hydrogen) atoms. The number of hydrogen-bond acceptors (Lipinski definition) is 3. The fourth-order valence-corrected chi connectivity index (χ4v) is 1.69. The molecule has 0 saturated carbocycles. The van der Waals surface area contributed by atoms with Crippen LogP contribution >= 0.6 is 11.6 Å². The van der Waals surface area contributed by atoms with E-state index in [0.29, 0.717) is 24.4 Å². The second kappa shape index (κ2) is 6.80. The third-order valence-electron chi connectivity index (χ3n) is 2.38. The van der Waals surface area contributed by atoms with Crippen LogP contribution < -0.4 is 11.1 Å². The van der Waals surface area contributed by atoms with Crippen LogP contribution in [0, 0.1) is 5.41 Å². The number of aryl methyl sites for hydroxylation is 1. The molecule has 0 atom stereocenters. The minimum atomic E-state index is -0.394. The lowest BCUT2D eigenvalue weighted by atomic mass is 10.2. The number of urea groups is 1. The molecule has 2 amide bonds. The highest BCUT2D eigenvalue weighted by atomic mass is 35.5. The van der Waals surface area contributed by atoms with E-state index < -0.39 is 6.03 Å². The highest BCUT2D eigenvalue weighted by Gasteiger charge is 2.14. The van der Waals surface area contributed by atoms with Gasteiger partial charge in [0.1, 0.15) is 0 Å². The number of rotatable bonds is 4. The first-order valence-electron chi connectivity index (χ1n) is 5.49. The molecule has 1 aromatic heterocycles. The Morgan fingerprint density at radius 1 is 1.67 bits per heavy atom. The molecule has 0 radical (unpaired) electrons. The maximum absolute atomic E-state index is 11.4. The Balaban J connectivity index is 2.52. The molecule has 6 nitrogen and oxygen atoms in total. The number of guanidine groups is 1. The van der Waals surface area contributed by atoms with Gasteiger partial charge in [0.25, 0.3) is 0 Å². The molecular weight excluding hydrogens is 254 g/mol. The van der Waals surface area contributed by atoms with Gasteiger partial charge in [0.2, 0.25) is 0 Å². The van der Waals surface area contributed by atoms with Crippen LogP contribution in [-0.4, -0.2) is 35.5 Å². The standard InChI is InChI=1S/C11H16ClN5O/c1-15-11(18)17(10(13)14)7-3-5-9-8(12)4-2-6-16-9/h2,4,6H,3,5,7H2,1H3,(H3,13,14)(H,15,18). The summed E-state index contributed by atoms with van der Waals surface area (Å²) < 4.78 is 0. The highest BCUT2D eigenvalue weighted by Crippen LogP contribution is 2.13. The Kier molecular flexibility index (Phi) is 5.38. The molecule has 7 heteroatoms. The van der Waals surface area contributed by atoms with Gasteiger partial charge in [-0.2, -0.15) is 0 Å². The van der Waals surface area contributed by atoms with Crippen LogP contribution in [0.4, 0.5) is 4.79 Å². The smallest absolute Gasteiger partial charge is 0.323 e. The quantitative estimate of drug-likeness (QED) is 0.566. The predicted octanol–water partition coefficient (Wildman–Crippen LogP) is 1.20. The number of amides is 2. The van der Waals surface area contributed by atoms with Crippen molar-refractivity contribution in [3.05, 3.63) is 29.0 Å². The Hall–Kier alpha value is -1.82. The van der Waals surface area contributed by atoms with Gasteiger partial charge in [0.05, 0.1) is 10.7 Å². The summed E-state index contributed by atoms with van der Waals surface area (Å²) in [5, 5.41) is 10.3. The number of nitrogens with one attached hydrogen (secondary N) is 2. The van der Waals surface area contributed by atoms with Crippen LogP contribution in [0.25, 0.3) is 0 Å². The summed E-state index contributed by atoms with van der Waals surface area (Å²) in [6.45, 7) is 0.349. The van der Waals surface area contributed by atoms with Crippen LogP contribution in [0.5, 0.6) is 0 Å². The molecule has 0 aromatic carbocycles. The van der Waals surface area contributed by atoms with E-state index >= 15 is 0 Å². The first kappa shape index (κ1) is 14.2. The minimum Gasteiger partial charge on any atom is -0.370 e. The molecule has 0 bridgehead atoms. The Morgan fingerprint density at radius 3 is 2.94 bits per heavy atom. The number of nitrogens with two attached hydrogens (primary N) is 1. The van der Waals surface area contributed by atoms with Crippen molar-refractivity contribution in [2.45, 2.75) is 12.8 Å². The first-order chi connectivity index (χ1) is 8.56. The van der Waals surface area contributed by atoms with E-state index in [1.807, 2.05) is 0 Å². The number of carbonyl (C=O) groups is 1. The zero-order valence-electron chi connectivity index (χ0n) is 10.1. The van der Waals surface area contributed by atoms with Crippen molar-refractivity contribution >= 4 is 23.6 Å². The zero-order valence-corrected chi connectivity index (χ0v) is 10.9. The monoisotopic (exact) mass is 269 g/mol. The topological polar surface area (TPSA) is 95.1 Å². The number of aromatic nitrogens is 1. The molecule has 0 aliphatic carbocycles. The molecule has 1 aromatic rings. The van der Waals surface area contributed by atoms with Crippen molar-refractivity contribution in [3.63, 3.8) is 0 Å². The van der Waals surface area contributed by atoms with Gasteiger partial charge in [-0.3, -0.25) is 15.3 Å². The third-order valence-corrected chi connectivity index (χ3v) is 2.72. The molecule has 1 rings (SSSR count). The van der Waals surface area contributed by atoms with E-state index in [2.05, 4.69) is 10.3 Å². The lowest BCUT2D eigenvalue weighted by Gasteiger charge is -2.19. The van der Waals surface area contributed by atoms with Crippen LogP contribution in [0.2, 0.25) is 5.02 Å².